The summed E-state index contributed by atoms with van der Waals surface area (Å²) in [5.74, 6) is 1.66. The normalized spacial score (nSPS) is 33.6. The molecule has 1 atom stereocenters. The third-order valence-electron chi connectivity index (χ3n) is 5.29. The van der Waals surface area contributed by atoms with Crippen LogP contribution < -0.4 is 4.74 Å². The lowest BCUT2D eigenvalue weighted by Gasteiger charge is -2.47. The van der Waals surface area contributed by atoms with Crippen molar-refractivity contribution in [3.63, 3.8) is 0 Å². The van der Waals surface area contributed by atoms with Crippen molar-refractivity contribution in [2.45, 2.75) is 64.6 Å². The molecule has 110 valence electrons. The Balaban J connectivity index is 1.77. The fourth-order valence-corrected chi connectivity index (χ4v) is 3.90. The van der Waals surface area contributed by atoms with E-state index in [9.17, 15) is 5.11 Å². The Morgan fingerprint density at radius 2 is 1.80 bits per heavy atom. The highest BCUT2D eigenvalue weighted by Crippen LogP contribution is 2.49. The average Bonchev–Trinajstić information content (AvgIpc) is 2.38. The van der Waals surface area contributed by atoms with E-state index >= 15 is 0 Å². The van der Waals surface area contributed by atoms with E-state index in [-0.39, 0.29) is 11.7 Å². The second-order valence-electron chi connectivity index (χ2n) is 7.68. The number of benzene rings is 1. The first-order chi connectivity index (χ1) is 9.40. The molecule has 2 nitrogen and oxygen atoms in total. The average molecular weight is 274 g/mol. The Bertz CT molecular complexity index is 478. The van der Waals surface area contributed by atoms with E-state index < -0.39 is 0 Å². The number of fused-ring (bicyclic) bond motifs is 1. The molecule has 1 N–H and O–H groups in total. The summed E-state index contributed by atoms with van der Waals surface area (Å²) < 4.78 is 6.33. The smallest absolute Gasteiger partial charge is 0.125 e. The lowest BCUT2D eigenvalue weighted by molar-refractivity contribution is -0.0563. The number of rotatable bonds is 0. The number of para-hydroxylation sites is 1. The van der Waals surface area contributed by atoms with Gasteiger partial charge in [0, 0.05) is 12.0 Å². The first kappa shape index (κ1) is 13.9. The van der Waals surface area contributed by atoms with Crippen molar-refractivity contribution in [1.82, 2.24) is 0 Å². The van der Waals surface area contributed by atoms with Crippen LogP contribution in [0, 0.1) is 11.3 Å². The van der Waals surface area contributed by atoms with E-state index in [0.29, 0.717) is 5.41 Å². The highest BCUT2D eigenvalue weighted by Gasteiger charge is 2.44. The van der Waals surface area contributed by atoms with Crippen LogP contribution in [0.2, 0.25) is 0 Å². The number of hydrogen-bond donors (Lipinski definition) is 1. The van der Waals surface area contributed by atoms with Crippen molar-refractivity contribution in [3.05, 3.63) is 29.8 Å². The largest absolute Gasteiger partial charge is 0.487 e. The topological polar surface area (TPSA) is 29.5 Å². The van der Waals surface area contributed by atoms with E-state index in [2.05, 4.69) is 20.8 Å². The Labute approximate surface area is 122 Å². The van der Waals surface area contributed by atoms with E-state index in [1.54, 1.807) is 0 Å². The minimum atomic E-state index is -0.369. The van der Waals surface area contributed by atoms with Crippen LogP contribution in [0.1, 0.15) is 64.5 Å². The lowest BCUT2D eigenvalue weighted by atomic mass is 9.66. The van der Waals surface area contributed by atoms with E-state index in [4.69, 9.17) is 4.74 Å². The number of aliphatic hydroxyl groups is 1. The fraction of sp³-hybridized carbons (Fsp3) is 0.667. The predicted octanol–water partition coefficient (Wildman–Crippen LogP) is 4.48. The minimum absolute atomic E-state index is 0.129. The van der Waals surface area contributed by atoms with Gasteiger partial charge < -0.3 is 9.84 Å². The molecule has 0 aromatic heterocycles. The van der Waals surface area contributed by atoms with Crippen molar-refractivity contribution in [1.29, 1.82) is 0 Å². The summed E-state index contributed by atoms with van der Waals surface area (Å²) in [5, 5.41) is 10.4. The summed E-state index contributed by atoms with van der Waals surface area (Å²) in [6.07, 6.45) is 4.93. The van der Waals surface area contributed by atoms with E-state index in [0.717, 1.165) is 36.5 Å². The summed E-state index contributed by atoms with van der Waals surface area (Å²) in [6, 6.07) is 7.94. The molecule has 2 heteroatoms. The highest BCUT2D eigenvalue weighted by molar-refractivity contribution is 5.38. The monoisotopic (exact) mass is 274 g/mol. The maximum Gasteiger partial charge on any atom is 0.125 e. The summed E-state index contributed by atoms with van der Waals surface area (Å²) in [5.41, 5.74) is 1.21. The molecular weight excluding hydrogens is 248 g/mol. The Hall–Kier alpha value is -1.02. The van der Waals surface area contributed by atoms with Crippen LogP contribution >= 0.6 is 0 Å². The molecule has 0 radical (unpaired) electrons. The van der Waals surface area contributed by atoms with Gasteiger partial charge in [-0.1, -0.05) is 39.0 Å². The molecule has 1 spiro atoms. The van der Waals surface area contributed by atoms with Gasteiger partial charge in [0.05, 0.1) is 6.10 Å². The van der Waals surface area contributed by atoms with Gasteiger partial charge in [-0.15, -0.1) is 0 Å². The van der Waals surface area contributed by atoms with Gasteiger partial charge in [-0.25, -0.2) is 0 Å². The standard InChI is InChI=1S/C18H26O2/c1-17(2,3)13-8-10-18(11-9-13)12-15(19)14-6-4-5-7-16(14)20-18/h4-7,13,15,19H,8-12H2,1-3H3/t13?,15-,18?/m1/s1. The molecular formula is C18H26O2. The van der Waals surface area contributed by atoms with Gasteiger partial charge in [-0.3, -0.25) is 0 Å². The van der Waals surface area contributed by atoms with Crippen LogP contribution in [0.5, 0.6) is 5.75 Å². The van der Waals surface area contributed by atoms with Gasteiger partial charge in [0.15, 0.2) is 0 Å². The van der Waals surface area contributed by atoms with E-state index in [1.807, 2.05) is 24.3 Å². The summed E-state index contributed by atoms with van der Waals surface area (Å²) in [4.78, 5) is 0. The summed E-state index contributed by atoms with van der Waals surface area (Å²) in [6.45, 7) is 7.00. The molecule has 20 heavy (non-hydrogen) atoms. The van der Waals surface area contributed by atoms with Crippen LogP contribution in [-0.2, 0) is 0 Å². The second kappa shape index (κ2) is 4.77. The molecule has 1 saturated carbocycles. The number of hydrogen-bond acceptors (Lipinski definition) is 2. The molecule has 0 saturated heterocycles. The molecule has 1 aromatic carbocycles. The van der Waals surface area contributed by atoms with Gasteiger partial charge in [0.2, 0.25) is 0 Å². The fourth-order valence-electron chi connectivity index (χ4n) is 3.90. The van der Waals surface area contributed by atoms with Crippen LogP contribution in [-0.4, -0.2) is 10.7 Å². The van der Waals surface area contributed by atoms with Crippen LogP contribution in [0.25, 0.3) is 0 Å². The Kier molecular flexibility index (Phi) is 3.32. The van der Waals surface area contributed by atoms with Gasteiger partial charge in [0.25, 0.3) is 0 Å². The zero-order valence-corrected chi connectivity index (χ0v) is 12.9. The third kappa shape index (κ3) is 2.46. The maximum atomic E-state index is 10.4. The maximum absolute atomic E-state index is 10.4. The first-order valence-corrected chi connectivity index (χ1v) is 7.86. The molecule has 1 fully saturated rings. The van der Waals surface area contributed by atoms with Crippen LogP contribution in [0.4, 0.5) is 0 Å². The van der Waals surface area contributed by atoms with Crippen molar-refractivity contribution >= 4 is 0 Å². The molecule has 0 bridgehead atoms. The van der Waals surface area contributed by atoms with Crippen molar-refractivity contribution in [2.24, 2.45) is 11.3 Å². The molecule has 1 heterocycles. The molecule has 2 aliphatic rings. The molecule has 1 aromatic rings. The van der Waals surface area contributed by atoms with Crippen molar-refractivity contribution < 1.29 is 9.84 Å². The second-order valence-corrected chi connectivity index (χ2v) is 7.68. The molecule has 3 rings (SSSR count). The molecule has 1 aliphatic carbocycles. The number of aliphatic hydroxyl groups excluding tert-OH is 1. The quantitative estimate of drug-likeness (QED) is 0.756. The SMILES string of the molecule is CC(C)(C)C1CCC2(CC1)C[C@@H](O)c1ccccc1O2. The zero-order chi connectivity index (χ0) is 14.4. The van der Waals surface area contributed by atoms with Gasteiger partial charge in [-0.2, -0.15) is 0 Å². The zero-order valence-electron chi connectivity index (χ0n) is 12.9. The van der Waals surface area contributed by atoms with Gasteiger partial charge in [0.1, 0.15) is 11.4 Å². The van der Waals surface area contributed by atoms with Gasteiger partial charge in [-0.05, 0) is 43.1 Å². The Morgan fingerprint density at radius 3 is 2.45 bits per heavy atom. The van der Waals surface area contributed by atoms with Crippen molar-refractivity contribution in [3.8, 4) is 5.75 Å². The minimum Gasteiger partial charge on any atom is -0.487 e. The number of ether oxygens (including phenoxy) is 1. The third-order valence-corrected chi connectivity index (χ3v) is 5.29. The Morgan fingerprint density at radius 1 is 1.15 bits per heavy atom. The molecule has 0 amide bonds. The highest BCUT2D eigenvalue weighted by atomic mass is 16.5. The lowest BCUT2D eigenvalue weighted by Crippen LogP contribution is -2.45. The van der Waals surface area contributed by atoms with Crippen molar-refractivity contribution in [2.75, 3.05) is 0 Å². The van der Waals surface area contributed by atoms with E-state index in [1.165, 1.54) is 12.8 Å². The summed E-state index contributed by atoms with van der Waals surface area (Å²) in [7, 11) is 0. The first-order valence-electron chi connectivity index (χ1n) is 7.86. The van der Waals surface area contributed by atoms with Crippen LogP contribution in [0.3, 0.4) is 0 Å². The van der Waals surface area contributed by atoms with Gasteiger partial charge >= 0.3 is 0 Å². The molecule has 0 unspecified atom stereocenters. The predicted molar refractivity (Wildman–Crippen MR) is 80.8 cm³/mol. The summed E-state index contributed by atoms with van der Waals surface area (Å²) >= 11 is 0. The van der Waals surface area contributed by atoms with Crippen LogP contribution in [0.15, 0.2) is 24.3 Å². The molecule has 1 aliphatic heterocycles.